The number of esters is 1. The first-order valence-corrected chi connectivity index (χ1v) is 8.37. The number of phenols is 3. The molecule has 5 nitrogen and oxygen atoms in total. The minimum absolute atomic E-state index is 0.0303. The van der Waals surface area contributed by atoms with E-state index in [-0.39, 0.29) is 33.9 Å². The third-order valence-electron chi connectivity index (χ3n) is 4.42. The van der Waals surface area contributed by atoms with Gasteiger partial charge < -0.3 is 20.1 Å². The summed E-state index contributed by atoms with van der Waals surface area (Å²) in [6, 6.07) is 12.9. The summed E-state index contributed by atoms with van der Waals surface area (Å²) >= 11 is 0. The van der Waals surface area contributed by atoms with Crippen molar-refractivity contribution in [3.05, 3.63) is 65.2 Å². The number of hydrogen-bond donors (Lipinski definition) is 3. The van der Waals surface area contributed by atoms with Gasteiger partial charge in [0.1, 0.15) is 17.2 Å². The molecule has 0 fully saturated rings. The van der Waals surface area contributed by atoms with Crippen molar-refractivity contribution in [2.75, 3.05) is 7.11 Å². The minimum Gasteiger partial charge on any atom is -0.507 e. The van der Waals surface area contributed by atoms with Crippen LogP contribution >= 0.6 is 0 Å². The lowest BCUT2D eigenvalue weighted by molar-refractivity contribution is 0.0601. The van der Waals surface area contributed by atoms with Crippen molar-refractivity contribution < 1.29 is 24.9 Å². The summed E-state index contributed by atoms with van der Waals surface area (Å²) < 4.78 is 4.82. The Bertz CT molecular complexity index is 964. The van der Waals surface area contributed by atoms with Crippen molar-refractivity contribution in [2.24, 2.45) is 0 Å². The normalized spacial score (nSPS) is 10.6. The third-order valence-corrected chi connectivity index (χ3v) is 4.42. The molecule has 0 atom stereocenters. The van der Waals surface area contributed by atoms with E-state index in [1.54, 1.807) is 24.3 Å². The minimum atomic E-state index is -0.586. The summed E-state index contributed by atoms with van der Waals surface area (Å²) in [6.07, 6.45) is 0. The molecule has 3 aromatic carbocycles. The van der Waals surface area contributed by atoms with Crippen molar-refractivity contribution in [2.45, 2.75) is 13.8 Å². The van der Waals surface area contributed by atoms with Gasteiger partial charge in [0, 0.05) is 22.3 Å². The molecule has 0 bridgehead atoms. The van der Waals surface area contributed by atoms with Gasteiger partial charge in [-0.05, 0) is 50.2 Å². The van der Waals surface area contributed by atoms with E-state index in [1.165, 1.54) is 31.4 Å². The number of benzene rings is 3. The topological polar surface area (TPSA) is 87.0 Å². The van der Waals surface area contributed by atoms with Crippen LogP contribution in [-0.4, -0.2) is 28.4 Å². The molecule has 0 aliphatic heterocycles. The first kappa shape index (κ1) is 18.3. The fraction of sp³-hybridized carbons (Fsp3) is 0.136. The zero-order valence-electron chi connectivity index (χ0n) is 15.3. The fourth-order valence-corrected chi connectivity index (χ4v) is 3.01. The molecule has 0 aliphatic carbocycles. The van der Waals surface area contributed by atoms with E-state index in [2.05, 4.69) is 0 Å². The predicted octanol–water partition coefficient (Wildman–Crippen LogP) is 4.54. The summed E-state index contributed by atoms with van der Waals surface area (Å²) in [5.41, 5.74) is 3.27. The Hall–Kier alpha value is -3.47. The average molecular weight is 364 g/mol. The van der Waals surface area contributed by atoms with Crippen molar-refractivity contribution in [1.29, 1.82) is 0 Å². The van der Waals surface area contributed by atoms with Crippen LogP contribution in [0.25, 0.3) is 22.3 Å². The number of hydrogen-bond acceptors (Lipinski definition) is 5. The largest absolute Gasteiger partial charge is 0.507 e. The summed E-state index contributed by atoms with van der Waals surface area (Å²) in [5.74, 6) is -0.795. The molecule has 27 heavy (non-hydrogen) atoms. The molecular formula is C22H20O5. The van der Waals surface area contributed by atoms with Crippen molar-refractivity contribution in [3.63, 3.8) is 0 Å². The molecular weight excluding hydrogens is 344 g/mol. The molecule has 0 unspecified atom stereocenters. The van der Waals surface area contributed by atoms with E-state index in [1.807, 2.05) is 13.8 Å². The highest BCUT2D eigenvalue weighted by molar-refractivity contribution is 5.97. The van der Waals surface area contributed by atoms with Crippen LogP contribution in [0.4, 0.5) is 0 Å². The average Bonchev–Trinajstić information content (AvgIpc) is 2.65. The first-order chi connectivity index (χ1) is 12.8. The van der Waals surface area contributed by atoms with E-state index in [4.69, 9.17) is 4.74 Å². The maximum atomic E-state index is 12.2. The van der Waals surface area contributed by atoms with Crippen LogP contribution in [0.3, 0.4) is 0 Å². The van der Waals surface area contributed by atoms with Gasteiger partial charge in [0.15, 0.2) is 0 Å². The highest BCUT2D eigenvalue weighted by Crippen LogP contribution is 2.44. The van der Waals surface area contributed by atoms with Gasteiger partial charge in [-0.1, -0.05) is 23.3 Å². The van der Waals surface area contributed by atoms with E-state index < -0.39 is 5.97 Å². The third kappa shape index (κ3) is 3.44. The number of ether oxygens (including phenoxy) is 1. The van der Waals surface area contributed by atoms with Crippen LogP contribution in [0.2, 0.25) is 0 Å². The first-order valence-electron chi connectivity index (χ1n) is 8.37. The molecule has 0 saturated carbocycles. The number of carbonyl (C=O) groups excluding carboxylic acids is 1. The fourth-order valence-electron chi connectivity index (χ4n) is 3.01. The Morgan fingerprint density at radius 1 is 0.741 bits per heavy atom. The second-order valence-electron chi connectivity index (χ2n) is 6.45. The number of phenolic OH excluding ortho intramolecular Hbond substituents is 3. The van der Waals surface area contributed by atoms with Crippen LogP contribution in [-0.2, 0) is 4.74 Å². The lowest BCUT2D eigenvalue weighted by Gasteiger charge is -2.15. The van der Waals surface area contributed by atoms with Gasteiger partial charge in [-0.25, -0.2) is 4.79 Å². The number of methoxy groups -OCH3 is 1. The van der Waals surface area contributed by atoms with Crippen LogP contribution in [0.15, 0.2) is 48.5 Å². The van der Waals surface area contributed by atoms with Gasteiger partial charge in [-0.15, -0.1) is 0 Å². The molecule has 0 amide bonds. The van der Waals surface area contributed by atoms with Crippen LogP contribution < -0.4 is 0 Å². The molecule has 138 valence electrons. The maximum absolute atomic E-state index is 12.2. The van der Waals surface area contributed by atoms with E-state index in [9.17, 15) is 20.1 Å². The Labute approximate surface area is 157 Å². The zero-order valence-corrected chi connectivity index (χ0v) is 15.3. The Kier molecular flexibility index (Phi) is 4.77. The monoisotopic (exact) mass is 364 g/mol. The molecule has 0 saturated heterocycles. The van der Waals surface area contributed by atoms with E-state index in [0.717, 1.165) is 11.1 Å². The lowest BCUT2D eigenvalue weighted by Crippen LogP contribution is -2.02. The summed E-state index contributed by atoms with van der Waals surface area (Å²) in [4.78, 5) is 12.2. The van der Waals surface area contributed by atoms with Crippen LogP contribution in [0.5, 0.6) is 17.2 Å². The number of carbonyl (C=O) groups is 1. The SMILES string of the molecule is COC(=O)c1cc(-c2cc(C)ccc2O)c(O)c(-c2cc(C)ccc2O)c1. The van der Waals surface area contributed by atoms with Gasteiger partial charge in [0.2, 0.25) is 0 Å². The second kappa shape index (κ2) is 7.03. The van der Waals surface area contributed by atoms with Gasteiger partial charge in [-0.3, -0.25) is 0 Å². The molecule has 0 aliphatic rings. The summed E-state index contributed by atoms with van der Waals surface area (Å²) in [6.45, 7) is 3.72. The summed E-state index contributed by atoms with van der Waals surface area (Å²) in [7, 11) is 1.27. The Morgan fingerprint density at radius 2 is 1.19 bits per heavy atom. The number of rotatable bonds is 3. The van der Waals surface area contributed by atoms with E-state index in [0.29, 0.717) is 11.1 Å². The molecule has 3 aromatic rings. The second-order valence-corrected chi connectivity index (χ2v) is 6.45. The van der Waals surface area contributed by atoms with Crippen LogP contribution in [0.1, 0.15) is 21.5 Å². The van der Waals surface area contributed by atoms with Crippen LogP contribution in [0, 0.1) is 13.8 Å². The molecule has 3 rings (SSSR count). The zero-order chi connectivity index (χ0) is 19.7. The van der Waals surface area contributed by atoms with Crippen molar-refractivity contribution in [1.82, 2.24) is 0 Å². The van der Waals surface area contributed by atoms with Gasteiger partial charge in [0.05, 0.1) is 12.7 Å². The van der Waals surface area contributed by atoms with Gasteiger partial charge in [-0.2, -0.15) is 0 Å². The van der Waals surface area contributed by atoms with Crippen molar-refractivity contribution >= 4 is 5.97 Å². The quantitative estimate of drug-likeness (QED) is 0.594. The lowest BCUT2D eigenvalue weighted by atomic mass is 9.92. The standard InChI is InChI=1S/C22H20O5/c1-12-4-6-19(23)15(8-12)17-10-14(22(26)27-3)11-18(21(17)25)16-9-13(2)5-7-20(16)24/h4-11,23-25H,1-3H3. The molecule has 0 spiro atoms. The van der Waals surface area contributed by atoms with Crippen molar-refractivity contribution in [3.8, 4) is 39.5 Å². The molecule has 0 heterocycles. The Morgan fingerprint density at radius 3 is 1.59 bits per heavy atom. The van der Waals surface area contributed by atoms with E-state index >= 15 is 0 Å². The van der Waals surface area contributed by atoms with Gasteiger partial charge >= 0.3 is 5.97 Å². The Balaban J connectivity index is 2.36. The highest BCUT2D eigenvalue weighted by atomic mass is 16.5. The molecule has 3 N–H and O–H groups in total. The number of aryl methyl sites for hydroxylation is 2. The molecule has 5 heteroatoms. The predicted molar refractivity (Wildman–Crippen MR) is 103 cm³/mol. The molecule has 0 radical (unpaired) electrons. The smallest absolute Gasteiger partial charge is 0.337 e. The summed E-state index contributed by atoms with van der Waals surface area (Å²) in [5, 5.41) is 31.5. The number of aromatic hydroxyl groups is 3. The highest BCUT2D eigenvalue weighted by Gasteiger charge is 2.20. The maximum Gasteiger partial charge on any atom is 0.337 e. The molecule has 0 aromatic heterocycles. The van der Waals surface area contributed by atoms with Gasteiger partial charge in [0.25, 0.3) is 0 Å².